The van der Waals surface area contributed by atoms with E-state index < -0.39 is 24.1 Å². The van der Waals surface area contributed by atoms with Gasteiger partial charge in [-0.15, -0.1) is 0 Å². The molecule has 100 valence electrons. The highest BCUT2D eigenvalue weighted by molar-refractivity contribution is 8.11. The molecular weight excluding hydrogens is 263 g/mol. The number of unbranched alkanes of at least 4 members (excludes halogenated alkanes) is 1. The van der Waals surface area contributed by atoms with Gasteiger partial charge in [-0.05, 0) is 19.0 Å². The van der Waals surface area contributed by atoms with Crippen LogP contribution >= 0.6 is 6.26 Å². The van der Waals surface area contributed by atoms with Gasteiger partial charge in [0.2, 0.25) is 0 Å². The van der Waals surface area contributed by atoms with E-state index in [0.717, 1.165) is 12.8 Å². The summed E-state index contributed by atoms with van der Waals surface area (Å²) in [6.07, 6.45) is -0.632. The minimum absolute atomic E-state index is 0.0236. The zero-order chi connectivity index (χ0) is 13.5. The summed E-state index contributed by atoms with van der Waals surface area (Å²) in [5.41, 5.74) is 0. The van der Waals surface area contributed by atoms with E-state index >= 15 is 0 Å². The van der Waals surface area contributed by atoms with E-state index in [2.05, 4.69) is 0 Å². The van der Waals surface area contributed by atoms with Gasteiger partial charge in [0.1, 0.15) is 0 Å². The van der Waals surface area contributed by atoms with Crippen LogP contribution in [-0.4, -0.2) is 39.4 Å². The lowest BCUT2D eigenvalue weighted by Crippen LogP contribution is -2.20. The molecule has 0 rings (SSSR count). The van der Waals surface area contributed by atoms with Crippen LogP contribution in [0.3, 0.4) is 0 Å². The van der Waals surface area contributed by atoms with Crippen LogP contribution in [0.15, 0.2) is 0 Å². The Hall–Kier alpha value is -0.450. The van der Waals surface area contributed by atoms with Crippen LogP contribution in [0.2, 0.25) is 0 Å². The summed E-state index contributed by atoms with van der Waals surface area (Å²) in [5.74, 6) is -2.96. The third-order valence-electron chi connectivity index (χ3n) is 2.42. The molecule has 0 aromatic heterocycles. The average molecular weight is 282 g/mol. The van der Waals surface area contributed by atoms with E-state index in [4.69, 9.17) is 22.0 Å². The lowest BCUT2D eigenvalue weighted by Gasteiger charge is -2.19. The van der Waals surface area contributed by atoms with Crippen LogP contribution in [0, 0.1) is 5.92 Å². The first kappa shape index (κ1) is 16.6. The summed E-state index contributed by atoms with van der Waals surface area (Å²) in [6.45, 7) is 1.97. The number of rotatable bonds is 9. The van der Waals surface area contributed by atoms with Crippen molar-refractivity contribution >= 4 is 30.0 Å². The van der Waals surface area contributed by atoms with Crippen LogP contribution in [0.25, 0.3) is 0 Å². The Morgan fingerprint density at radius 2 is 1.94 bits per heavy atom. The van der Waals surface area contributed by atoms with Gasteiger partial charge in [0.25, 0.3) is 0 Å². The van der Waals surface area contributed by atoms with Crippen molar-refractivity contribution in [3.63, 3.8) is 0 Å². The lowest BCUT2D eigenvalue weighted by atomic mass is 10.1. The molecule has 0 spiro atoms. The highest BCUT2D eigenvalue weighted by atomic mass is 32.4. The van der Waals surface area contributed by atoms with Crippen LogP contribution in [-0.2, 0) is 21.4 Å². The highest BCUT2D eigenvalue weighted by Crippen LogP contribution is 2.44. The van der Waals surface area contributed by atoms with Crippen molar-refractivity contribution in [1.29, 1.82) is 0 Å². The van der Waals surface area contributed by atoms with E-state index in [1.54, 1.807) is 0 Å². The second-order valence-corrected chi connectivity index (χ2v) is 8.62. The Bertz CT molecular complexity index is 318. The number of carboxylic acids is 2. The first-order chi connectivity index (χ1) is 7.78. The second-order valence-electron chi connectivity index (χ2n) is 4.07. The Labute approximate surface area is 106 Å². The van der Waals surface area contributed by atoms with E-state index in [9.17, 15) is 14.5 Å². The molecule has 0 aliphatic rings. The predicted octanol–water partition coefficient (Wildman–Crippen LogP) is 1.74. The third kappa shape index (κ3) is 8.30. The molecule has 3 N–H and O–H groups in total. The SMILES string of the molecule is CCCCP(O)(=S)CC(CCC(=O)O)C(=O)O. The van der Waals surface area contributed by atoms with E-state index in [-0.39, 0.29) is 19.0 Å². The molecule has 7 heteroatoms. The first-order valence-electron chi connectivity index (χ1n) is 5.54. The van der Waals surface area contributed by atoms with Crippen molar-refractivity contribution in [3.05, 3.63) is 0 Å². The zero-order valence-electron chi connectivity index (χ0n) is 9.83. The summed E-state index contributed by atoms with van der Waals surface area (Å²) >= 11 is 5.04. The first-order valence-corrected chi connectivity index (χ1v) is 8.66. The predicted molar refractivity (Wildman–Crippen MR) is 69.1 cm³/mol. The fraction of sp³-hybridized carbons (Fsp3) is 0.800. The summed E-state index contributed by atoms with van der Waals surface area (Å²) in [4.78, 5) is 31.3. The maximum Gasteiger partial charge on any atom is 0.306 e. The summed E-state index contributed by atoms with van der Waals surface area (Å²) in [6, 6.07) is 0. The summed E-state index contributed by atoms with van der Waals surface area (Å²) < 4.78 is 0. The van der Waals surface area contributed by atoms with E-state index in [0.29, 0.717) is 6.16 Å². The van der Waals surface area contributed by atoms with Crippen molar-refractivity contribution in [1.82, 2.24) is 0 Å². The molecule has 2 atom stereocenters. The molecule has 0 aromatic rings. The molecule has 5 nitrogen and oxygen atoms in total. The Morgan fingerprint density at radius 3 is 2.35 bits per heavy atom. The number of carboxylic acid groups (broad SMARTS) is 2. The van der Waals surface area contributed by atoms with Gasteiger partial charge in [-0.1, -0.05) is 25.2 Å². The number of hydrogen-bond acceptors (Lipinski definition) is 3. The monoisotopic (exact) mass is 282 g/mol. The molecule has 0 radical (unpaired) electrons. The maximum atomic E-state index is 10.9. The Morgan fingerprint density at radius 1 is 1.35 bits per heavy atom. The summed E-state index contributed by atoms with van der Waals surface area (Å²) in [5, 5.41) is 17.5. The van der Waals surface area contributed by atoms with Crippen LogP contribution in [0.4, 0.5) is 0 Å². The molecule has 0 aliphatic carbocycles. The van der Waals surface area contributed by atoms with E-state index in [1.807, 2.05) is 6.92 Å². The van der Waals surface area contributed by atoms with E-state index in [1.165, 1.54) is 0 Å². The highest BCUT2D eigenvalue weighted by Gasteiger charge is 2.25. The molecule has 2 unspecified atom stereocenters. The van der Waals surface area contributed by atoms with Crippen LogP contribution < -0.4 is 0 Å². The molecule has 0 saturated heterocycles. The number of carbonyl (C=O) groups is 2. The molecule has 0 heterocycles. The Balaban J connectivity index is 4.37. The molecule has 0 aromatic carbocycles. The lowest BCUT2D eigenvalue weighted by molar-refractivity contribution is -0.142. The molecule has 0 aliphatic heterocycles. The number of hydrogen-bond donors (Lipinski definition) is 3. The molecule has 0 bridgehead atoms. The van der Waals surface area contributed by atoms with Gasteiger partial charge >= 0.3 is 11.9 Å². The normalized spacial score (nSPS) is 16.1. The van der Waals surface area contributed by atoms with Gasteiger partial charge in [0, 0.05) is 12.6 Å². The van der Waals surface area contributed by atoms with Crippen molar-refractivity contribution < 1.29 is 24.7 Å². The van der Waals surface area contributed by atoms with Gasteiger partial charge in [0.05, 0.1) is 12.2 Å². The standard InChI is InChI=1S/C10H19O5PS/c1-2-3-6-16(15,17)7-8(10(13)14)4-5-9(11)12/h8H,2-7H2,1H3,(H,11,12)(H,13,14)(H,15,17). The fourth-order valence-electron chi connectivity index (χ4n) is 1.43. The Kier molecular flexibility index (Phi) is 7.59. The molecule has 0 fully saturated rings. The van der Waals surface area contributed by atoms with Crippen LogP contribution in [0.1, 0.15) is 32.6 Å². The minimum Gasteiger partial charge on any atom is -0.481 e. The van der Waals surface area contributed by atoms with Crippen molar-refractivity contribution in [2.75, 3.05) is 12.3 Å². The van der Waals surface area contributed by atoms with Crippen molar-refractivity contribution in [2.45, 2.75) is 32.6 Å². The summed E-state index contributed by atoms with van der Waals surface area (Å²) in [7, 11) is 0. The minimum atomic E-state index is -2.62. The average Bonchev–Trinajstić information content (AvgIpc) is 2.20. The van der Waals surface area contributed by atoms with Crippen LogP contribution in [0.5, 0.6) is 0 Å². The van der Waals surface area contributed by atoms with Gasteiger partial charge in [0.15, 0.2) is 0 Å². The van der Waals surface area contributed by atoms with Gasteiger partial charge in [-0.2, -0.15) is 0 Å². The second kappa shape index (κ2) is 7.80. The fourth-order valence-corrected chi connectivity index (χ4v) is 4.38. The number of aliphatic carboxylic acids is 2. The molecular formula is C10H19O5PS. The van der Waals surface area contributed by atoms with Gasteiger partial charge in [-0.3, -0.25) is 9.59 Å². The molecule has 17 heavy (non-hydrogen) atoms. The van der Waals surface area contributed by atoms with Gasteiger partial charge in [-0.25, -0.2) is 0 Å². The smallest absolute Gasteiger partial charge is 0.306 e. The van der Waals surface area contributed by atoms with Crippen molar-refractivity contribution in [3.8, 4) is 0 Å². The maximum absolute atomic E-state index is 10.9. The molecule has 0 saturated carbocycles. The third-order valence-corrected chi connectivity index (χ3v) is 5.44. The largest absolute Gasteiger partial charge is 0.481 e. The topological polar surface area (TPSA) is 94.8 Å². The molecule has 0 amide bonds. The quantitative estimate of drug-likeness (QED) is 0.558. The zero-order valence-corrected chi connectivity index (χ0v) is 11.5. The van der Waals surface area contributed by atoms with Crippen molar-refractivity contribution in [2.24, 2.45) is 5.92 Å². The van der Waals surface area contributed by atoms with Gasteiger partial charge < -0.3 is 15.1 Å².